The first kappa shape index (κ1) is 8.30. The third-order valence-corrected chi connectivity index (χ3v) is 1.61. The third-order valence-electron chi connectivity index (χ3n) is 1.28. The molecule has 60 valence electrons. The van der Waals surface area contributed by atoms with E-state index >= 15 is 0 Å². The third kappa shape index (κ3) is 1.82. The second kappa shape index (κ2) is 3.55. The fourth-order valence-electron chi connectivity index (χ4n) is 0.678. The normalized spacial score (nSPS) is 9.73. The van der Waals surface area contributed by atoms with Crippen molar-refractivity contribution in [2.45, 2.75) is 6.61 Å². The van der Waals surface area contributed by atoms with Crippen LogP contribution in [0.15, 0.2) is 12.1 Å². The van der Waals surface area contributed by atoms with Gasteiger partial charge in [-0.05, 0) is 6.07 Å². The molecule has 0 atom stereocenters. The Hall–Kier alpha value is -0.800. The Morgan fingerprint density at radius 3 is 2.82 bits per heavy atom. The number of aromatic nitrogens is 1. The zero-order valence-corrected chi connectivity index (χ0v) is 6.80. The van der Waals surface area contributed by atoms with E-state index in [2.05, 4.69) is 4.98 Å². The maximum absolute atomic E-state index is 8.72. The maximum atomic E-state index is 8.72. The van der Waals surface area contributed by atoms with Gasteiger partial charge in [0.05, 0.1) is 13.7 Å². The van der Waals surface area contributed by atoms with Crippen molar-refractivity contribution >= 4 is 11.6 Å². The molecule has 1 heterocycles. The Labute approximate surface area is 69.6 Å². The lowest BCUT2D eigenvalue weighted by Gasteiger charge is -2.01. The number of methoxy groups -OCH3 is 1. The van der Waals surface area contributed by atoms with Gasteiger partial charge >= 0.3 is 0 Å². The van der Waals surface area contributed by atoms with Crippen molar-refractivity contribution in [3.8, 4) is 5.88 Å². The molecule has 1 N–H and O–H groups in total. The average molecular weight is 174 g/mol. The van der Waals surface area contributed by atoms with Crippen molar-refractivity contribution in [1.82, 2.24) is 4.98 Å². The molecule has 1 aromatic heterocycles. The molecule has 0 radical (unpaired) electrons. The molecule has 0 aliphatic carbocycles. The molecular formula is C7H8ClNO2. The molecule has 0 aromatic carbocycles. The van der Waals surface area contributed by atoms with Gasteiger partial charge in [-0.25, -0.2) is 4.98 Å². The molecule has 0 bridgehead atoms. The monoisotopic (exact) mass is 173 g/mol. The van der Waals surface area contributed by atoms with Crippen molar-refractivity contribution < 1.29 is 9.84 Å². The molecular weight excluding hydrogens is 166 g/mol. The largest absolute Gasteiger partial charge is 0.481 e. The van der Waals surface area contributed by atoms with E-state index in [-0.39, 0.29) is 11.8 Å². The van der Waals surface area contributed by atoms with Gasteiger partial charge in [0.15, 0.2) is 0 Å². The summed E-state index contributed by atoms with van der Waals surface area (Å²) in [5.41, 5.74) is 0.604. The van der Waals surface area contributed by atoms with Gasteiger partial charge in [0.1, 0.15) is 5.15 Å². The highest BCUT2D eigenvalue weighted by Gasteiger charge is 2.01. The second-order valence-corrected chi connectivity index (χ2v) is 2.32. The first-order valence-corrected chi connectivity index (χ1v) is 3.46. The minimum atomic E-state index is -0.101. The molecule has 0 fully saturated rings. The predicted octanol–water partition coefficient (Wildman–Crippen LogP) is 1.24. The van der Waals surface area contributed by atoms with E-state index in [0.29, 0.717) is 11.4 Å². The first-order chi connectivity index (χ1) is 5.27. The molecule has 4 heteroatoms. The summed E-state index contributed by atoms with van der Waals surface area (Å²) in [6.07, 6.45) is 0. The van der Waals surface area contributed by atoms with E-state index in [1.54, 1.807) is 12.1 Å². The fraction of sp³-hybridized carbons (Fsp3) is 0.286. The van der Waals surface area contributed by atoms with Crippen LogP contribution in [-0.4, -0.2) is 17.2 Å². The van der Waals surface area contributed by atoms with Crippen LogP contribution >= 0.6 is 11.6 Å². The summed E-state index contributed by atoms with van der Waals surface area (Å²) in [6.45, 7) is -0.101. The molecule has 1 aromatic rings. The van der Waals surface area contributed by atoms with Crippen molar-refractivity contribution in [2.24, 2.45) is 0 Å². The van der Waals surface area contributed by atoms with Gasteiger partial charge in [-0.15, -0.1) is 0 Å². The highest BCUT2D eigenvalue weighted by atomic mass is 35.5. The fourth-order valence-corrected chi connectivity index (χ4v) is 0.884. The topological polar surface area (TPSA) is 42.4 Å². The van der Waals surface area contributed by atoms with Gasteiger partial charge in [-0.2, -0.15) is 0 Å². The van der Waals surface area contributed by atoms with Crippen molar-refractivity contribution in [3.63, 3.8) is 0 Å². The SMILES string of the molecule is COc1ccc(CO)c(Cl)n1. The Kier molecular flexibility index (Phi) is 2.68. The number of rotatable bonds is 2. The van der Waals surface area contributed by atoms with Gasteiger partial charge in [-0.1, -0.05) is 11.6 Å². The zero-order valence-electron chi connectivity index (χ0n) is 6.04. The van der Waals surface area contributed by atoms with Gasteiger partial charge in [0.25, 0.3) is 0 Å². The number of ether oxygens (including phenoxy) is 1. The smallest absolute Gasteiger partial charge is 0.214 e. The maximum Gasteiger partial charge on any atom is 0.214 e. The molecule has 0 amide bonds. The highest BCUT2D eigenvalue weighted by Crippen LogP contribution is 2.16. The van der Waals surface area contributed by atoms with Crippen LogP contribution in [0.5, 0.6) is 5.88 Å². The molecule has 0 aliphatic heterocycles. The molecule has 0 saturated carbocycles. The Bertz CT molecular complexity index is 252. The van der Waals surface area contributed by atoms with Crippen molar-refractivity contribution in [1.29, 1.82) is 0 Å². The molecule has 1 rings (SSSR count). The number of aliphatic hydroxyl groups excluding tert-OH is 1. The Morgan fingerprint density at radius 1 is 1.64 bits per heavy atom. The lowest BCUT2D eigenvalue weighted by Crippen LogP contribution is -1.91. The van der Waals surface area contributed by atoms with E-state index < -0.39 is 0 Å². The summed E-state index contributed by atoms with van der Waals surface area (Å²) in [4.78, 5) is 3.85. The average Bonchev–Trinajstić information content (AvgIpc) is 2.04. The summed E-state index contributed by atoms with van der Waals surface area (Å²) < 4.78 is 4.82. The molecule has 11 heavy (non-hydrogen) atoms. The number of hydrogen-bond donors (Lipinski definition) is 1. The number of aliphatic hydroxyl groups is 1. The Morgan fingerprint density at radius 2 is 2.36 bits per heavy atom. The summed E-state index contributed by atoms with van der Waals surface area (Å²) in [6, 6.07) is 3.32. The van der Waals surface area contributed by atoms with Gasteiger partial charge in [0, 0.05) is 11.6 Å². The standard InChI is InChI=1S/C7H8ClNO2/c1-11-6-3-2-5(4-10)7(8)9-6/h2-3,10H,4H2,1H3. The van der Waals surface area contributed by atoms with E-state index in [0.717, 1.165) is 0 Å². The van der Waals surface area contributed by atoms with Gasteiger partial charge in [-0.3, -0.25) is 0 Å². The van der Waals surface area contributed by atoms with E-state index in [4.69, 9.17) is 21.4 Å². The molecule has 3 nitrogen and oxygen atoms in total. The highest BCUT2D eigenvalue weighted by molar-refractivity contribution is 6.30. The van der Waals surface area contributed by atoms with Crippen LogP contribution in [0.2, 0.25) is 5.15 Å². The van der Waals surface area contributed by atoms with Crippen molar-refractivity contribution in [2.75, 3.05) is 7.11 Å². The molecule has 0 aliphatic rings. The summed E-state index contributed by atoms with van der Waals surface area (Å²) >= 11 is 5.66. The zero-order chi connectivity index (χ0) is 8.27. The quantitative estimate of drug-likeness (QED) is 0.685. The predicted molar refractivity (Wildman–Crippen MR) is 41.7 cm³/mol. The van der Waals surface area contributed by atoms with Gasteiger partial charge in [0.2, 0.25) is 5.88 Å². The van der Waals surface area contributed by atoms with Crippen LogP contribution in [0, 0.1) is 0 Å². The van der Waals surface area contributed by atoms with Crippen LogP contribution < -0.4 is 4.74 Å². The number of halogens is 1. The minimum absolute atomic E-state index is 0.101. The molecule has 0 unspecified atom stereocenters. The first-order valence-electron chi connectivity index (χ1n) is 3.08. The van der Waals surface area contributed by atoms with Crippen LogP contribution in [0.3, 0.4) is 0 Å². The van der Waals surface area contributed by atoms with Crippen LogP contribution in [0.1, 0.15) is 5.56 Å². The van der Waals surface area contributed by atoms with Crippen LogP contribution in [-0.2, 0) is 6.61 Å². The number of hydrogen-bond acceptors (Lipinski definition) is 3. The van der Waals surface area contributed by atoms with Crippen molar-refractivity contribution in [3.05, 3.63) is 22.8 Å². The number of nitrogens with zero attached hydrogens (tertiary/aromatic N) is 1. The van der Waals surface area contributed by atoms with E-state index in [1.165, 1.54) is 7.11 Å². The van der Waals surface area contributed by atoms with E-state index in [1.807, 2.05) is 0 Å². The number of pyridine rings is 1. The van der Waals surface area contributed by atoms with Crippen LogP contribution in [0.4, 0.5) is 0 Å². The lowest BCUT2D eigenvalue weighted by molar-refractivity contribution is 0.281. The summed E-state index contributed by atoms with van der Waals surface area (Å²) in [7, 11) is 1.51. The Balaban J connectivity index is 2.99. The van der Waals surface area contributed by atoms with E-state index in [9.17, 15) is 0 Å². The molecule has 0 spiro atoms. The second-order valence-electron chi connectivity index (χ2n) is 1.96. The van der Waals surface area contributed by atoms with Crippen LogP contribution in [0.25, 0.3) is 0 Å². The summed E-state index contributed by atoms with van der Waals surface area (Å²) in [5.74, 6) is 0.451. The lowest BCUT2D eigenvalue weighted by atomic mass is 10.3. The minimum Gasteiger partial charge on any atom is -0.481 e. The van der Waals surface area contributed by atoms with Gasteiger partial charge < -0.3 is 9.84 Å². The molecule has 0 saturated heterocycles. The summed E-state index contributed by atoms with van der Waals surface area (Å²) in [5, 5.41) is 9.00.